The normalized spacial score (nSPS) is 28.7. The highest BCUT2D eigenvalue weighted by Gasteiger charge is 2.47. The van der Waals surface area contributed by atoms with Gasteiger partial charge in [-0.15, -0.1) is 0 Å². The van der Waals surface area contributed by atoms with E-state index in [1.54, 1.807) is 8.61 Å². The van der Waals surface area contributed by atoms with Gasteiger partial charge in [0, 0.05) is 63.4 Å². The summed E-state index contributed by atoms with van der Waals surface area (Å²) in [4.78, 5) is 24.4. The third-order valence-corrected chi connectivity index (χ3v) is 15.8. The topological polar surface area (TPSA) is 193 Å². The number of benzene rings is 2. The molecule has 8 heterocycles. The van der Waals surface area contributed by atoms with Gasteiger partial charge < -0.3 is 29.2 Å². The predicted molar refractivity (Wildman–Crippen MR) is 211 cm³/mol. The fraction of sp³-hybridized carbons (Fsp3) is 0.650. The van der Waals surface area contributed by atoms with Crippen molar-refractivity contribution in [3.05, 3.63) is 46.5 Å². The molecule has 0 radical (unpaired) electrons. The summed E-state index contributed by atoms with van der Waals surface area (Å²) < 4.78 is 74.8. The fourth-order valence-electron chi connectivity index (χ4n) is 10.6. The van der Waals surface area contributed by atoms with Gasteiger partial charge in [0.15, 0.2) is 23.0 Å². The zero-order valence-electron chi connectivity index (χ0n) is 33.1. The molecule has 0 bridgehead atoms. The minimum atomic E-state index is -3.15. The van der Waals surface area contributed by atoms with Gasteiger partial charge in [0.1, 0.15) is 0 Å². The van der Waals surface area contributed by atoms with Crippen molar-refractivity contribution in [1.29, 1.82) is 0 Å². The van der Waals surface area contributed by atoms with Gasteiger partial charge in [-0.1, -0.05) is 0 Å². The van der Waals surface area contributed by atoms with Crippen LogP contribution < -0.4 is 18.9 Å². The van der Waals surface area contributed by atoms with Crippen molar-refractivity contribution >= 4 is 32.0 Å². The number of fused-ring (bicyclic) bond motifs is 10. The Balaban J connectivity index is 0.000000137. The molecule has 8 aliphatic heterocycles. The third-order valence-electron chi connectivity index (χ3n) is 13.2. The molecule has 18 heteroatoms. The van der Waals surface area contributed by atoms with Crippen molar-refractivity contribution in [2.24, 2.45) is 11.8 Å². The molecule has 0 spiro atoms. The largest absolute Gasteiger partial charge is 0.481 e. The van der Waals surface area contributed by atoms with Crippen LogP contribution in [-0.4, -0.2) is 135 Å². The van der Waals surface area contributed by atoms with E-state index in [0.29, 0.717) is 38.5 Å². The van der Waals surface area contributed by atoms with E-state index in [1.807, 2.05) is 0 Å². The summed E-state index contributed by atoms with van der Waals surface area (Å²) in [6.45, 7) is 5.99. The molecule has 2 aromatic carbocycles. The maximum atomic E-state index is 12.3. The quantitative estimate of drug-likeness (QED) is 0.445. The second kappa shape index (κ2) is 16.4. The Bertz CT molecular complexity index is 1990. The Labute approximate surface area is 340 Å². The van der Waals surface area contributed by atoms with Gasteiger partial charge in [0.05, 0.1) is 25.4 Å². The molecule has 58 heavy (non-hydrogen) atoms. The number of nitrogens with zero attached hydrogens (tertiary/aromatic N) is 4. The predicted octanol–water partition coefficient (Wildman–Crippen LogP) is 3.45. The van der Waals surface area contributed by atoms with E-state index in [4.69, 9.17) is 29.2 Å². The second-order valence-electron chi connectivity index (χ2n) is 16.8. The molecule has 2 aromatic rings. The Morgan fingerprint density at radius 3 is 1.36 bits per heavy atom. The molecule has 6 atom stereocenters. The van der Waals surface area contributed by atoms with Gasteiger partial charge in [-0.3, -0.25) is 19.4 Å². The highest BCUT2D eigenvalue weighted by Crippen LogP contribution is 2.48. The summed E-state index contributed by atoms with van der Waals surface area (Å²) in [6, 6.07) is 9.31. The molecule has 0 aliphatic carbocycles. The van der Waals surface area contributed by atoms with E-state index in [-0.39, 0.29) is 37.0 Å². The fourth-order valence-corrected chi connectivity index (χ4v) is 13.0. The smallest absolute Gasteiger partial charge is 0.303 e. The third kappa shape index (κ3) is 8.50. The van der Waals surface area contributed by atoms with Crippen molar-refractivity contribution in [2.45, 2.75) is 88.4 Å². The average molecular weight is 847 g/mol. The van der Waals surface area contributed by atoms with E-state index < -0.39 is 32.0 Å². The monoisotopic (exact) mass is 846 g/mol. The Morgan fingerprint density at radius 2 is 1.00 bits per heavy atom. The lowest BCUT2D eigenvalue weighted by Crippen LogP contribution is -2.57. The van der Waals surface area contributed by atoms with Gasteiger partial charge in [0.25, 0.3) is 0 Å². The van der Waals surface area contributed by atoms with Crippen LogP contribution in [0.2, 0.25) is 0 Å². The number of sulfonamides is 2. The minimum absolute atomic E-state index is 0.126. The number of aliphatic carboxylic acids is 2. The lowest BCUT2D eigenvalue weighted by atomic mass is 9.77. The lowest BCUT2D eigenvalue weighted by Gasteiger charge is -2.51. The van der Waals surface area contributed by atoms with Gasteiger partial charge in [-0.05, 0) is 110 Å². The molecule has 0 unspecified atom stereocenters. The molecule has 0 saturated carbocycles. The summed E-state index contributed by atoms with van der Waals surface area (Å²) in [7, 11) is -6.30. The van der Waals surface area contributed by atoms with Gasteiger partial charge >= 0.3 is 11.9 Å². The van der Waals surface area contributed by atoms with Crippen molar-refractivity contribution in [1.82, 2.24) is 18.4 Å². The summed E-state index contributed by atoms with van der Waals surface area (Å²) in [5.41, 5.74) is 5.25. The first-order chi connectivity index (χ1) is 27.6. The van der Waals surface area contributed by atoms with Crippen molar-refractivity contribution < 1.29 is 55.6 Å². The van der Waals surface area contributed by atoms with E-state index in [2.05, 4.69) is 34.1 Å². The van der Waals surface area contributed by atoms with Crippen LogP contribution in [-0.2, 0) is 42.5 Å². The first-order valence-corrected chi connectivity index (χ1v) is 24.0. The molecule has 0 aromatic heterocycles. The molecule has 4 saturated heterocycles. The van der Waals surface area contributed by atoms with Crippen LogP contribution in [0, 0.1) is 11.8 Å². The summed E-state index contributed by atoms with van der Waals surface area (Å²) in [5, 5.41) is 15.8. The van der Waals surface area contributed by atoms with Crippen LogP contribution >= 0.6 is 0 Å². The van der Waals surface area contributed by atoms with E-state index in [0.717, 1.165) is 101 Å². The zero-order valence-corrected chi connectivity index (χ0v) is 34.7. The van der Waals surface area contributed by atoms with Crippen molar-refractivity contribution in [2.75, 3.05) is 65.4 Å². The minimum Gasteiger partial charge on any atom is -0.481 e. The van der Waals surface area contributed by atoms with Gasteiger partial charge in [-0.2, -0.15) is 8.61 Å². The Kier molecular flexibility index (Phi) is 11.6. The van der Waals surface area contributed by atoms with Crippen molar-refractivity contribution in [3.8, 4) is 23.0 Å². The first-order valence-electron chi connectivity index (χ1n) is 20.3. The molecule has 16 nitrogen and oxygen atoms in total. The summed E-state index contributed by atoms with van der Waals surface area (Å²) in [6.07, 6.45) is 10.1. The van der Waals surface area contributed by atoms with Crippen LogP contribution in [0.1, 0.15) is 85.7 Å². The maximum Gasteiger partial charge on any atom is 0.303 e. The Hall–Kier alpha value is -3.68. The number of rotatable bonds is 5. The van der Waals surface area contributed by atoms with Crippen LogP contribution in [0.5, 0.6) is 23.0 Å². The molecule has 10 rings (SSSR count). The molecule has 4 fully saturated rings. The van der Waals surface area contributed by atoms with E-state index >= 15 is 0 Å². The lowest BCUT2D eigenvalue weighted by molar-refractivity contribution is -0.143. The first kappa shape index (κ1) is 41.1. The Morgan fingerprint density at radius 1 is 0.621 bits per heavy atom. The van der Waals surface area contributed by atoms with Crippen LogP contribution in [0.3, 0.4) is 0 Å². The average Bonchev–Trinajstić information content (AvgIpc) is 3.85. The van der Waals surface area contributed by atoms with Crippen LogP contribution in [0.4, 0.5) is 0 Å². The molecule has 2 N–H and O–H groups in total. The van der Waals surface area contributed by atoms with Crippen LogP contribution in [0.25, 0.3) is 0 Å². The highest BCUT2D eigenvalue weighted by atomic mass is 32.2. The van der Waals surface area contributed by atoms with Crippen LogP contribution in [0.15, 0.2) is 24.3 Å². The van der Waals surface area contributed by atoms with E-state index in [1.165, 1.54) is 34.8 Å². The molecular weight excluding hydrogens is 793 g/mol. The molecule has 8 aliphatic rings. The number of hydrogen-bond donors (Lipinski definition) is 2. The number of carbonyl (C=O) groups is 2. The van der Waals surface area contributed by atoms with E-state index in [9.17, 15) is 26.4 Å². The van der Waals surface area contributed by atoms with Gasteiger partial charge in [0.2, 0.25) is 33.6 Å². The number of carboxylic acids is 2. The second-order valence-corrected chi connectivity index (χ2v) is 20.6. The number of piperidine rings is 4. The van der Waals surface area contributed by atoms with Gasteiger partial charge in [-0.25, -0.2) is 16.8 Å². The molecular formula is C40H54N4O12S2. The number of ether oxygens (including phenoxy) is 4. The maximum absolute atomic E-state index is 12.3. The molecule has 318 valence electrons. The number of hydrogen-bond acceptors (Lipinski definition) is 12. The number of carboxylic acid groups (broad SMARTS) is 2. The standard InChI is InChI=1S/2C18H24N2O4S.C4H6O4/c2*1-25(21,22)20-5-2-3-13-10-19-6-4-12-7-17-18(24-11-23-17)8-14(12)16(19)9-15(13)20;5-3(6)1-2-4(7)8/h2*7-8,13,15-16H,2-6,9-11H2,1H3;1-2H2,(H,5,6)(H,7,8)/t2*13-,15+,16+;/m11./s1. The summed E-state index contributed by atoms with van der Waals surface area (Å²) >= 11 is 0. The SMILES string of the molecule is CS(=O)(=O)N1CCC[C@@H]2CN3CCc4cc5c(cc4[C@@H]3C[C@@H]21)OCO5.CS(=O)(=O)N1CCC[C@@H]2CN3CCc4cc5c(cc4[C@@H]3C[C@@H]21)OCO5.O=C(O)CCC(=O)O. The highest BCUT2D eigenvalue weighted by molar-refractivity contribution is 7.88. The van der Waals surface area contributed by atoms with Crippen molar-refractivity contribution in [3.63, 3.8) is 0 Å². The zero-order chi connectivity index (χ0) is 40.9. The molecule has 0 amide bonds. The summed E-state index contributed by atoms with van der Waals surface area (Å²) in [5.74, 6) is 2.09.